The fourth-order valence-electron chi connectivity index (χ4n) is 5.99. The molecule has 2 fully saturated rings. The molecule has 0 aromatic heterocycles. The first-order valence-corrected chi connectivity index (χ1v) is 12.2. The van der Waals surface area contributed by atoms with Crippen LogP contribution in [0.5, 0.6) is 0 Å². The van der Waals surface area contributed by atoms with Crippen molar-refractivity contribution in [3.05, 3.63) is 36.6 Å². The molecule has 4 rings (SSSR count). The fraction of sp³-hybridized carbons (Fsp3) is 0.636. The van der Waals surface area contributed by atoms with Crippen molar-refractivity contribution in [2.45, 2.75) is 69.9 Å². The van der Waals surface area contributed by atoms with Gasteiger partial charge in [0.1, 0.15) is 11.4 Å². The highest BCUT2D eigenvalue weighted by Crippen LogP contribution is 2.75. The molecule has 0 aromatic carbocycles. The first-order chi connectivity index (χ1) is 15.5. The number of rotatable bonds is 4. The van der Waals surface area contributed by atoms with Crippen LogP contribution < -0.4 is 0 Å². The topological polar surface area (TPSA) is 99.2 Å². The molecule has 34 heavy (non-hydrogen) atoms. The van der Waals surface area contributed by atoms with Crippen LogP contribution in [0.3, 0.4) is 0 Å². The van der Waals surface area contributed by atoms with E-state index in [9.17, 15) is 31.2 Å². The Labute approximate surface area is 195 Å². The van der Waals surface area contributed by atoms with Crippen LogP contribution in [-0.4, -0.2) is 48.3 Å². The lowest BCUT2D eigenvalue weighted by atomic mass is 9.51. The van der Waals surface area contributed by atoms with Gasteiger partial charge in [-0.15, -0.1) is 6.58 Å². The predicted octanol–water partition coefficient (Wildman–Crippen LogP) is 4.16. The molecular weight excluding hydrogens is 479 g/mol. The largest absolute Gasteiger partial charge is 0.534 e. The number of hydrogen-bond donors (Lipinski definition) is 0. The number of allylic oxidation sites excluding steroid dienone is 2. The van der Waals surface area contributed by atoms with E-state index >= 15 is 0 Å². The van der Waals surface area contributed by atoms with Gasteiger partial charge in [0, 0.05) is 5.41 Å². The van der Waals surface area contributed by atoms with Gasteiger partial charge in [-0.1, -0.05) is 19.1 Å². The lowest BCUT2D eigenvalue weighted by molar-refractivity contribution is -0.144. The molecule has 3 heterocycles. The summed E-state index contributed by atoms with van der Waals surface area (Å²) < 4.78 is 80.2. The van der Waals surface area contributed by atoms with Gasteiger partial charge in [-0.2, -0.15) is 21.6 Å². The van der Waals surface area contributed by atoms with E-state index in [2.05, 4.69) is 6.58 Å². The Balaban J connectivity index is 1.91. The second-order valence-electron chi connectivity index (χ2n) is 10.1. The lowest BCUT2D eigenvalue weighted by Gasteiger charge is -2.49. The molecule has 0 N–H and O–H groups in total. The second kappa shape index (κ2) is 7.09. The minimum Gasteiger partial charge on any atom is -0.443 e. The van der Waals surface area contributed by atoms with Gasteiger partial charge in [0.15, 0.2) is 5.72 Å². The SMILES string of the molecule is C=CC[C@]12C(OS(=O)(=O)C(F)(F)F)=CCCC3C(=O)N(C(=O)OC(C)(C)C)[C@@]4(C=CC1O4)[C@@]32C. The van der Waals surface area contributed by atoms with Crippen molar-refractivity contribution in [1.29, 1.82) is 0 Å². The van der Waals surface area contributed by atoms with Crippen molar-refractivity contribution in [1.82, 2.24) is 4.90 Å². The first-order valence-electron chi connectivity index (χ1n) is 10.7. The molecule has 0 aromatic rings. The predicted molar refractivity (Wildman–Crippen MR) is 112 cm³/mol. The summed E-state index contributed by atoms with van der Waals surface area (Å²) >= 11 is 0. The highest BCUT2D eigenvalue weighted by atomic mass is 32.2. The summed E-state index contributed by atoms with van der Waals surface area (Å²) in [6.45, 7) is 10.2. The number of carbonyl (C=O) groups is 2. The van der Waals surface area contributed by atoms with Crippen LogP contribution in [-0.2, 0) is 28.6 Å². The third kappa shape index (κ3) is 2.90. The molecule has 12 heteroatoms. The zero-order chi connectivity index (χ0) is 25.5. The Morgan fingerprint density at radius 1 is 1.35 bits per heavy atom. The van der Waals surface area contributed by atoms with Gasteiger partial charge in [0.25, 0.3) is 0 Å². The van der Waals surface area contributed by atoms with E-state index in [-0.39, 0.29) is 19.3 Å². The molecule has 2 unspecified atom stereocenters. The molecule has 4 aliphatic rings. The summed E-state index contributed by atoms with van der Waals surface area (Å²) in [4.78, 5) is 27.7. The smallest absolute Gasteiger partial charge is 0.443 e. The van der Waals surface area contributed by atoms with E-state index in [0.29, 0.717) is 0 Å². The third-order valence-electron chi connectivity index (χ3n) is 7.26. The maximum absolute atomic E-state index is 13.6. The Kier molecular flexibility index (Phi) is 5.17. The van der Waals surface area contributed by atoms with Gasteiger partial charge in [-0.05, 0) is 52.2 Å². The lowest BCUT2D eigenvalue weighted by Crippen LogP contribution is -2.58. The molecule has 1 spiro atoms. The molecule has 2 amide bonds. The minimum atomic E-state index is -6.01. The number of ether oxygens (including phenoxy) is 2. The Bertz CT molecular complexity index is 1120. The summed E-state index contributed by atoms with van der Waals surface area (Å²) in [6.07, 6.45) is 3.92. The summed E-state index contributed by atoms with van der Waals surface area (Å²) in [5.41, 5.74) is -11.2. The number of amides is 2. The average Bonchev–Trinajstić information content (AvgIpc) is 3.20. The van der Waals surface area contributed by atoms with Crippen LogP contribution in [0.15, 0.2) is 36.6 Å². The molecule has 1 aliphatic carbocycles. The van der Waals surface area contributed by atoms with Gasteiger partial charge >= 0.3 is 21.7 Å². The maximum atomic E-state index is 13.6. The molecule has 2 saturated heterocycles. The highest BCUT2D eigenvalue weighted by Gasteiger charge is 2.84. The standard InChI is InChI=1S/C22H26F3NO7S/c1-6-11-20-14-10-12-21(31-14)19(20,5)13(16(27)26(21)17(28)32-18(2,3)4)8-7-9-15(20)33-34(29,30)22(23,24)25/h6,9-10,12-14H,1,7-8,11H2,2-5H3/t13?,14?,19-,20+,21+/m0/s1. The van der Waals surface area contributed by atoms with Gasteiger partial charge in [-0.3, -0.25) is 4.79 Å². The molecule has 8 nitrogen and oxygen atoms in total. The minimum absolute atomic E-state index is 0.0541. The van der Waals surface area contributed by atoms with Gasteiger partial charge in [0.2, 0.25) is 5.91 Å². The maximum Gasteiger partial charge on any atom is 0.534 e. The summed E-state index contributed by atoms with van der Waals surface area (Å²) in [5, 5.41) is 0. The van der Waals surface area contributed by atoms with E-state index in [1.807, 2.05) is 0 Å². The molecule has 3 aliphatic heterocycles. The number of nitrogens with zero attached hydrogens (tertiary/aromatic N) is 1. The van der Waals surface area contributed by atoms with Gasteiger partial charge in [-0.25, -0.2) is 9.69 Å². The molecular formula is C22H26F3NO7S. The van der Waals surface area contributed by atoms with Crippen molar-refractivity contribution in [2.24, 2.45) is 16.7 Å². The van der Waals surface area contributed by atoms with Crippen molar-refractivity contribution in [3.63, 3.8) is 0 Å². The molecule has 0 saturated carbocycles. The van der Waals surface area contributed by atoms with Crippen LogP contribution in [0, 0.1) is 16.7 Å². The van der Waals surface area contributed by atoms with E-state index in [0.717, 1.165) is 4.90 Å². The van der Waals surface area contributed by atoms with Crippen LogP contribution >= 0.6 is 0 Å². The summed E-state index contributed by atoms with van der Waals surface area (Å²) in [5.74, 6) is -1.96. The zero-order valence-electron chi connectivity index (χ0n) is 19.1. The fourth-order valence-corrected chi connectivity index (χ4v) is 6.53. The van der Waals surface area contributed by atoms with Crippen LogP contribution in [0.1, 0.15) is 47.0 Å². The first kappa shape index (κ1) is 24.8. The average molecular weight is 506 g/mol. The summed E-state index contributed by atoms with van der Waals surface area (Å²) in [6, 6.07) is 0. The van der Waals surface area contributed by atoms with E-state index in [1.165, 1.54) is 24.3 Å². The molecule has 5 atom stereocenters. The number of halogens is 3. The second-order valence-corrected chi connectivity index (χ2v) is 11.6. The van der Waals surface area contributed by atoms with E-state index in [4.69, 9.17) is 13.7 Å². The van der Waals surface area contributed by atoms with Crippen LogP contribution in [0.2, 0.25) is 0 Å². The Morgan fingerprint density at radius 3 is 2.56 bits per heavy atom. The number of hydrogen-bond acceptors (Lipinski definition) is 7. The van der Waals surface area contributed by atoms with Crippen molar-refractivity contribution >= 4 is 22.1 Å². The van der Waals surface area contributed by atoms with Crippen molar-refractivity contribution in [2.75, 3.05) is 0 Å². The molecule has 188 valence electrons. The molecule has 0 radical (unpaired) electrons. The Morgan fingerprint density at radius 2 is 2.00 bits per heavy atom. The number of alkyl halides is 3. The number of imide groups is 1. The van der Waals surface area contributed by atoms with Gasteiger partial charge < -0.3 is 13.7 Å². The Hall–Kier alpha value is -2.34. The quantitative estimate of drug-likeness (QED) is 0.321. The highest BCUT2D eigenvalue weighted by molar-refractivity contribution is 7.87. The van der Waals surface area contributed by atoms with Crippen molar-refractivity contribution in [3.8, 4) is 0 Å². The molecule has 2 bridgehead atoms. The van der Waals surface area contributed by atoms with Crippen LogP contribution in [0.4, 0.5) is 18.0 Å². The van der Waals surface area contributed by atoms with Gasteiger partial charge in [0.05, 0.1) is 17.4 Å². The number of likely N-dealkylation sites (tertiary alicyclic amines) is 1. The monoisotopic (exact) mass is 505 g/mol. The van der Waals surface area contributed by atoms with E-state index in [1.54, 1.807) is 27.7 Å². The number of fused-ring (bicyclic) bond motifs is 2. The summed E-state index contributed by atoms with van der Waals surface area (Å²) in [7, 11) is -6.01. The van der Waals surface area contributed by atoms with Crippen molar-refractivity contribution < 1.29 is 44.8 Å². The zero-order valence-corrected chi connectivity index (χ0v) is 20.0. The third-order valence-corrected chi connectivity index (χ3v) is 8.22. The number of carbonyl (C=O) groups excluding carboxylic acids is 2. The van der Waals surface area contributed by atoms with E-state index < -0.39 is 67.6 Å². The normalized spacial score (nSPS) is 36.7. The van der Waals surface area contributed by atoms with Crippen LogP contribution in [0.25, 0.3) is 0 Å².